The number of hydrogen-bond donors (Lipinski definition) is 1. The number of hydrogen-bond acceptors (Lipinski definition) is 4. The molecule has 0 spiro atoms. The Bertz CT molecular complexity index is 596. The minimum absolute atomic E-state index is 0. The molecule has 0 amide bonds. The largest absolute Gasteiger partial charge is 0.412 e. The molecule has 0 radical (unpaired) electrons. The Hall–Kier alpha value is -2.24. The van der Waals surface area contributed by atoms with Crippen LogP contribution in [0.2, 0.25) is 0 Å². The topological polar surface area (TPSA) is 94.9 Å². The first-order valence-electron chi connectivity index (χ1n) is 7.44. The van der Waals surface area contributed by atoms with Gasteiger partial charge in [0.05, 0.1) is 0 Å². The van der Waals surface area contributed by atoms with Gasteiger partial charge in [-0.05, 0) is 18.7 Å². The molecule has 0 aliphatic heterocycles. The monoisotopic (exact) mass is 320 g/mol. The molecule has 23 heavy (non-hydrogen) atoms. The van der Waals surface area contributed by atoms with Crippen molar-refractivity contribution in [3.63, 3.8) is 0 Å². The van der Waals surface area contributed by atoms with Crippen LogP contribution in [0.25, 0.3) is 10.8 Å². The number of aldehydes is 2. The van der Waals surface area contributed by atoms with Crippen LogP contribution in [0.1, 0.15) is 41.5 Å². The fraction of sp³-hybridized carbons (Fsp3) is 0.333. The van der Waals surface area contributed by atoms with Crippen LogP contribution in [-0.4, -0.2) is 38.7 Å². The fourth-order valence-corrected chi connectivity index (χ4v) is 2.03. The van der Waals surface area contributed by atoms with Crippen LogP contribution >= 0.6 is 0 Å². The molecule has 0 fully saturated rings. The van der Waals surface area contributed by atoms with Gasteiger partial charge in [-0.1, -0.05) is 39.0 Å². The van der Waals surface area contributed by atoms with Crippen molar-refractivity contribution < 1.29 is 15.1 Å². The zero-order valence-corrected chi connectivity index (χ0v) is 14.6. The summed E-state index contributed by atoms with van der Waals surface area (Å²) in [7, 11) is 3.87. The fourth-order valence-electron chi connectivity index (χ4n) is 2.03. The molecule has 2 aromatic rings. The summed E-state index contributed by atoms with van der Waals surface area (Å²) < 4.78 is 0. The van der Waals surface area contributed by atoms with Crippen LogP contribution in [0.4, 0.5) is 5.69 Å². The Morgan fingerprint density at radius 1 is 1.00 bits per heavy atom. The van der Waals surface area contributed by atoms with Gasteiger partial charge in [0.15, 0.2) is 12.6 Å². The summed E-state index contributed by atoms with van der Waals surface area (Å²) in [5, 5.41) is 1.65. The molecule has 128 valence electrons. The summed E-state index contributed by atoms with van der Waals surface area (Å²) in [6.07, 6.45) is 1.57. The Morgan fingerprint density at radius 2 is 1.48 bits per heavy atom. The lowest BCUT2D eigenvalue weighted by atomic mass is 9.98. The normalized spacial score (nSPS) is 8.61. The number of carbonyl (C=O) groups excluding carboxylic acids is 2. The number of nitrogens with zero attached hydrogens (tertiary/aromatic N) is 1. The van der Waals surface area contributed by atoms with Crippen LogP contribution in [0.5, 0.6) is 0 Å². The lowest BCUT2D eigenvalue weighted by Crippen LogP contribution is -2.09. The maximum absolute atomic E-state index is 11.0. The van der Waals surface area contributed by atoms with Gasteiger partial charge in [-0.2, -0.15) is 0 Å². The van der Waals surface area contributed by atoms with Gasteiger partial charge in [0.25, 0.3) is 0 Å². The first kappa shape index (κ1) is 23.0. The van der Waals surface area contributed by atoms with Crippen molar-refractivity contribution in [2.24, 2.45) is 5.73 Å². The minimum atomic E-state index is 0. The molecule has 0 atom stereocenters. The van der Waals surface area contributed by atoms with Crippen molar-refractivity contribution in [1.82, 2.24) is 0 Å². The van der Waals surface area contributed by atoms with Crippen molar-refractivity contribution in [2.75, 3.05) is 25.5 Å². The van der Waals surface area contributed by atoms with Gasteiger partial charge in [-0.3, -0.25) is 9.59 Å². The molecule has 0 saturated carbocycles. The smallest absolute Gasteiger partial charge is 0.150 e. The van der Waals surface area contributed by atoms with E-state index in [0.29, 0.717) is 11.1 Å². The van der Waals surface area contributed by atoms with E-state index in [0.717, 1.165) is 35.6 Å². The van der Waals surface area contributed by atoms with Crippen molar-refractivity contribution >= 4 is 29.0 Å². The predicted octanol–water partition coefficient (Wildman–Crippen LogP) is 2.70. The van der Waals surface area contributed by atoms with Gasteiger partial charge in [0.2, 0.25) is 0 Å². The van der Waals surface area contributed by atoms with E-state index in [1.807, 2.05) is 58.0 Å². The molecule has 5 heteroatoms. The van der Waals surface area contributed by atoms with Crippen LogP contribution in [0, 0.1) is 0 Å². The molecule has 0 saturated heterocycles. The molecule has 0 bridgehead atoms. The summed E-state index contributed by atoms with van der Waals surface area (Å²) >= 11 is 0. The van der Waals surface area contributed by atoms with Crippen molar-refractivity contribution in [3.05, 3.63) is 41.5 Å². The van der Waals surface area contributed by atoms with E-state index in [4.69, 9.17) is 5.73 Å². The maximum atomic E-state index is 11.0. The van der Waals surface area contributed by atoms with E-state index < -0.39 is 0 Å². The zero-order chi connectivity index (χ0) is 17.1. The Balaban J connectivity index is 0. The molecular weight excluding hydrogens is 292 g/mol. The Kier molecular flexibility index (Phi) is 12.3. The van der Waals surface area contributed by atoms with Crippen molar-refractivity contribution in [3.8, 4) is 0 Å². The number of nitrogens with two attached hydrogens (primary N) is 1. The van der Waals surface area contributed by atoms with E-state index in [1.165, 1.54) is 0 Å². The van der Waals surface area contributed by atoms with Crippen LogP contribution in [-0.2, 0) is 0 Å². The minimum Gasteiger partial charge on any atom is -0.412 e. The van der Waals surface area contributed by atoms with E-state index in [-0.39, 0.29) is 5.48 Å². The quantitative estimate of drug-likeness (QED) is 0.880. The van der Waals surface area contributed by atoms with Crippen LogP contribution < -0.4 is 10.6 Å². The van der Waals surface area contributed by atoms with Crippen molar-refractivity contribution in [1.29, 1.82) is 0 Å². The molecular formula is C18H28N2O3. The number of rotatable bonds is 3. The van der Waals surface area contributed by atoms with Gasteiger partial charge >= 0.3 is 0 Å². The number of fused-ring (bicyclic) bond motifs is 1. The summed E-state index contributed by atoms with van der Waals surface area (Å²) in [6, 6.07) is 9.11. The van der Waals surface area contributed by atoms with E-state index in [1.54, 1.807) is 12.1 Å². The van der Waals surface area contributed by atoms with Gasteiger partial charge < -0.3 is 16.1 Å². The number of anilines is 1. The SMILES string of the molecule is CC.CCN.CN(C)c1ccc(C=O)c2c(C=O)cccc12.O. The summed E-state index contributed by atoms with van der Waals surface area (Å²) in [5.41, 5.74) is 6.94. The molecule has 2 rings (SSSR count). The first-order valence-corrected chi connectivity index (χ1v) is 7.44. The average Bonchev–Trinajstić information content (AvgIpc) is 2.55. The number of benzene rings is 2. The van der Waals surface area contributed by atoms with Crippen molar-refractivity contribution in [2.45, 2.75) is 20.8 Å². The second-order valence-electron chi connectivity index (χ2n) is 4.48. The first-order chi connectivity index (χ1) is 10.6. The van der Waals surface area contributed by atoms with Gasteiger partial charge in [-0.25, -0.2) is 0 Å². The second kappa shape index (κ2) is 12.3. The highest BCUT2D eigenvalue weighted by atomic mass is 16.1. The summed E-state index contributed by atoms with van der Waals surface area (Å²) in [4.78, 5) is 24.0. The molecule has 0 aliphatic carbocycles. The highest BCUT2D eigenvalue weighted by molar-refractivity contribution is 6.10. The highest BCUT2D eigenvalue weighted by Gasteiger charge is 2.10. The molecule has 2 aromatic carbocycles. The zero-order valence-electron chi connectivity index (χ0n) is 14.6. The summed E-state index contributed by atoms with van der Waals surface area (Å²) in [5.74, 6) is 0. The molecule has 0 unspecified atom stereocenters. The third-order valence-corrected chi connectivity index (χ3v) is 2.82. The lowest BCUT2D eigenvalue weighted by Gasteiger charge is -2.17. The lowest BCUT2D eigenvalue weighted by molar-refractivity contribution is 0.112. The predicted molar refractivity (Wildman–Crippen MR) is 98.7 cm³/mol. The maximum Gasteiger partial charge on any atom is 0.150 e. The van der Waals surface area contributed by atoms with Gasteiger partial charge in [0, 0.05) is 41.7 Å². The highest BCUT2D eigenvalue weighted by Crippen LogP contribution is 2.29. The van der Waals surface area contributed by atoms with Crippen LogP contribution in [0.15, 0.2) is 30.3 Å². The van der Waals surface area contributed by atoms with E-state index >= 15 is 0 Å². The number of carbonyl (C=O) groups is 2. The van der Waals surface area contributed by atoms with Gasteiger partial charge in [-0.15, -0.1) is 0 Å². The molecule has 0 heterocycles. The Labute approximate surface area is 138 Å². The van der Waals surface area contributed by atoms with Gasteiger partial charge in [0.1, 0.15) is 0 Å². The summed E-state index contributed by atoms with van der Waals surface area (Å²) in [6.45, 7) is 6.65. The average molecular weight is 320 g/mol. The molecule has 4 N–H and O–H groups in total. The molecule has 0 aromatic heterocycles. The van der Waals surface area contributed by atoms with E-state index in [2.05, 4.69) is 0 Å². The molecule has 0 aliphatic rings. The standard InChI is InChI=1S/C14H13NO2.C2H7N.C2H6.H2O/c1-15(2)13-7-6-11(9-17)14-10(8-16)4-3-5-12(13)14;1-2-3;1-2;/h3-9H,1-2H3;2-3H2,1H3;1-2H3;1H2. The second-order valence-corrected chi connectivity index (χ2v) is 4.48. The third kappa shape index (κ3) is 5.81. The third-order valence-electron chi connectivity index (χ3n) is 2.82. The Morgan fingerprint density at radius 3 is 1.91 bits per heavy atom. The van der Waals surface area contributed by atoms with Crippen LogP contribution in [0.3, 0.4) is 0 Å². The molecule has 5 nitrogen and oxygen atoms in total. The van der Waals surface area contributed by atoms with E-state index in [9.17, 15) is 9.59 Å².